The number of para-hydroxylation sites is 1. The van der Waals surface area contributed by atoms with Crippen LogP contribution in [0.3, 0.4) is 0 Å². The molecule has 0 saturated carbocycles. The SMILES string of the molecule is O=C(c1ccc(F)c(F)c1)N1CCN(C(=O)C2CC(=O)N(c3ccccc3Br)C2)CC1. The largest absolute Gasteiger partial charge is 0.339 e. The number of amides is 3. The molecule has 2 aliphatic heterocycles. The van der Waals surface area contributed by atoms with E-state index in [2.05, 4.69) is 15.9 Å². The van der Waals surface area contributed by atoms with Crippen LogP contribution < -0.4 is 4.90 Å². The van der Waals surface area contributed by atoms with Gasteiger partial charge in [-0.25, -0.2) is 8.78 Å². The molecule has 0 aliphatic carbocycles. The van der Waals surface area contributed by atoms with Gasteiger partial charge in [-0.05, 0) is 46.3 Å². The van der Waals surface area contributed by atoms with Gasteiger partial charge in [0, 0.05) is 49.2 Å². The van der Waals surface area contributed by atoms with Crippen LogP contribution >= 0.6 is 15.9 Å². The van der Waals surface area contributed by atoms with Crippen LogP contribution in [0.5, 0.6) is 0 Å². The monoisotopic (exact) mass is 491 g/mol. The molecular formula is C22H20BrF2N3O3. The summed E-state index contributed by atoms with van der Waals surface area (Å²) in [5.74, 6) is -3.12. The van der Waals surface area contributed by atoms with Crippen LogP contribution in [0.25, 0.3) is 0 Å². The number of carbonyl (C=O) groups is 3. The fourth-order valence-corrected chi connectivity index (χ4v) is 4.48. The van der Waals surface area contributed by atoms with Crippen molar-refractivity contribution in [2.24, 2.45) is 5.92 Å². The first kappa shape index (κ1) is 21.4. The highest BCUT2D eigenvalue weighted by Crippen LogP contribution is 2.32. The Morgan fingerprint density at radius 1 is 0.935 bits per heavy atom. The van der Waals surface area contributed by atoms with Crippen molar-refractivity contribution in [1.29, 1.82) is 0 Å². The molecule has 0 radical (unpaired) electrons. The summed E-state index contributed by atoms with van der Waals surface area (Å²) in [5, 5.41) is 0. The van der Waals surface area contributed by atoms with Gasteiger partial charge in [-0.1, -0.05) is 12.1 Å². The van der Waals surface area contributed by atoms with E-state index in [1.54, 1.807) is 9.80 Å². The number of benzene rings is 2. The molecule has 0 spiro atoms. The Labute approximate surface area is 186 Å². The Bertz CT molecular complexity index is 1040. The zero-order valence-corrected chi connectivity index (χ0v) is 18.1. The van der Waals surface area contributed by atoms with E-state index in [0.717, 1.165) is 22.3 Å². The van der Waals surface area contributed by atoms with Crippen molar-refractivity contribution in [3.8, 4) is 0 Å². The summed E-state index contributed by atoms with van der Waals surface area (Å²) in [5.41, 5.74) is 0.814. The summed E-state index contributed by atoms with van der Waals surface area (Å²) in [6.45, 7) is 1.55. The fourth-order valence-electron chi connectivity index (χ4n) is 3.98. The molecule has 0 aromatic heterocycles. The Morgan fingerprint density at radius 3 is 2.29 bits per heavy atom. The molecule has 0 bridgehead atoms. The summed E-state index contributed by atoms with van der Waals surface area (Å²) in [6.07, 6.45) is 0.147. The highest BCUT2D eigenvalue weighted by atomic mass is 79.9. The Morgan fingerprint density at radius 2 is 1.61 bits per heavy atom. The normalized spacial score (nSPS) is 19.1. The van der Waals surface area contributed by atoms with Gasteiger partial charge >= 0.3 is 0 Å². The van der Waals surface area contributed by atoms with Crippen molar-refractivity contribution in [3.05, 3.63) is 64.1 Å². The van der Waals surface area contributed by atoms with Crippen molar-refractivity contribution in [2.45, 2.75) is 6.42 Å². The van der Waals surface area contributed by atoms with Crippen molar-refractivity contribution in [2.75, 3.05) is 37.6 Å². The molecule has 31 heavy (non-hydrogen) atoms. The summed E-state index contributed by atoms with van der Waals surface area (Å²) in [4.78, 5) is 42.8. The second-order valence-corrected chi connectivity index (χ2v) is 8.46. The molecular weight excluding hydrogens is 472 g/mol. The molecule has 1 unspecified atom stereocenters. The van der Waals surface area contributed by atoms with E-state index in [1.165, 1.54) is 11.0 Å². The van der Waals surface area contributed by atoms with Crippen LogP contribution in [0.15, 0.2) is 46.9 Å². The minimum Gasteiger partial charge on any atom is -0.339 e. The van der Waals surface area contributed by atoms with Gasteiger partial charge in [-0.2, -0.15) is 0 Å². The molecule has 1 atom stereocenters. The molecule has 2 aromatic carbocycles. The van der Waals surface area contributed by atoms with Crippen LogP contribution in [-0.2, 0) is 9.59 Å². The highest BCUT2D eigenvalue weighted by molar-refractivity contribution is 9.10. The number of anilines is 1. The number of piperazine rings is 1. The second-order valence-electron chi connectivity index (χ2n) is 7.60. The zero-order valence-electron chi connectivity index (χ0n) is 16.6. The van der Waals surface area contributed by atoms with Crippen molar-refractivity contribution in [1.82, 2.24) is 9.80 Å². The van der Waals surface area contributed by atoms with Gasteiger partial charge in [-0.15, -0.1) is 0 Å². The lowest BCUT2D eigenvalue weighted by Gasteiger charge is -2.36. The molecule has 2 heterocycles. The second kappa shape index (κ2) is 8.74. The lowest BCUT2D eigenvalue weighted by Crippen LogP contribution is -2.52. The maximum atomic E-state index is 13.4. The van der Waals surface area contributed by atoms with E-state index in [0.29, 0.717) is 19.6 Å². The molecule has 2 aromatic rings. The number of nitrogens with zero attached hydrogens (tertiary/aromatic N) is 3. The molecule has 2 saturated heterocycles. The van der Waals surface area contributed by atoms with E-state index in [1.807, 2.05) is 24.3 Å². The zero-order chi connectivity index (χ0) is 22.1. The summed E-state index contributed by atoms with van der Waals surface area (Å²) in [7, 11) is 0. The fraction of sp³-hybridized carbons (Fsp3) is 0.318. The number of halogens is 3. The quantitative estimate of drug-likeness (QED) is 0.662. The van der Waals surface area contributed by atoms with E-state index in [4.69, 9.17) is 0 Å². The predicted octanol–water partition coefficient (Wildman–Crippen LogP) is 3.06. The van der Waals surface area contributed by atoms with Gasteiger partial charge in [0.15, 0.2) is 11.6 Å². The van der Waals surface area contributed by atoms with Gasteiger partial charge in [0.1, 0.15) is 0 Å². The average molecular weight is 492 g/mol. The third-order valence-corrected chi connectivity index (χ3v) is 6.33. The Balaban J connectivity index is 1.36. The van der Waals surface area contributed by atoms with Crippen LogP contribution in [0.2, 0.25) is 0 Å². The lowest BCUT2D eigenvalue weighted by atomic mass is 10.1. The molecule has 6 nitrogen and oxygen atoms in total. The van der Waals surface area contributed by atoms with E-state index in [9.17, 15) is 23.2 Å². The molecule has 162 valence electrons. The number of hydrogen-bond acceptors (Lipinski definition) is 3. The Kier molecular flexibility index (Phi) is 6.04. The average Bonchev–Trinajstić information content (AvgIpc) is 3.16. The molecule has 3 amide bonds. The number of hydrogen-bond donors (Lipinski definition) is 0. The van der Waals surface area contributed by atoms with Crippen LogP contribution in [0, 0.1) is 17.6 Å². The van der Waals surface area contributed by atoms with Gasteiger partial charge < -0.3 is 14.7 Å². The smallest absolute Gasteiger partial charge is 0.254 e. The first-order valence-corrected chi connectivity index (χ1v) is 10.7. The standard InChI is InChI=1S/C22H20BrF2N3O3/c23-16-3-1-2-4-19(16)28-13-15(12-20(28)29)22(31)27-9-7-26(8-10-27)21(30)14-5-6-17(24)18(25)11-14/h1-6,11,15H,7-10,12-13H2. The molecule has 2 aliphatic rings. The van der Waals surface area contributed by atoms with Gasteiger partial charge in [0.25, 0.3) is 5.91 Å². The first-order valence-electron chi connectivity index (χ1n) is 9.93. The molecule has 2 fully saturated rings. The number of carbonyl (C=O) groups excluding carboxylic acids is 3. The van der Waals surface area contributed by atoms with E-state index >= 15 is 0 Å². The molecule has 0 N–H and O–H groups in total. The van der Waals surface area contributed by atoms with Crippen LogP contribution in [0.4, 0.5) is 14.5 Å². The maximum absolute atomic E-state index is 13.4. The van der Waals surface area contributed by atoms with Crippen molar-refractivity contribution < 1.29 is 23.2 Å². The Hall–Kier alpha value is -2.81. The van der Waals surface area contributed by atoms with Crippen LogP contribution in [-0.4, -0.2) is 60.2 Å². The van der Waals surface area contributed by atoms with E-state index in [-0.39, 0.29) is 36.9 Å². The minimum atomic E-state index is -1.07. The van der Waals surface area contributed by atoms with Crippen LogP contribution in [0.1, 0.15) is 16.8 Å². The van der Waals surface area contributed by atoms with E-state index < -0.39 is 23.5 Å². The topological polar surface area (TPSA) is 60.9 Å². The molecule has 4 rings (SSSR count). The summed E-state index contributed by atoms with van der Waals surface area (Å²) < 4.78 is 27.3. The third kappa shape index (κ3) is 4.32. The summed E-state index contributed by atoms with van der Waals surface area (Å²) >= 11 is 3.44. The van der Waals surface area contributed by atoms with Crippen molar-refractivity contribution in [3.63, 3.8) is 0 Å². The third-order valence-electron chi connectivity index (χ3n) is 5.66. The predicted molar refractivity (Wildman–Crippen MR) is 113 cm³/mol. The van der Waals surface area contributed by atoms with Crippen molar-refractivity contribution >= 4 is 39.3 Å². The maximum Gasteiger partial charge on any atom is 0.254 e. The van der Waals surface area contributed by atoms with Gasteiger partial charge in [0.05, 0.1) is 11.6 Å². The minimum absolute atomic E-state index is 0.0733. The summed E-state index contributed by atoms with van der Waals surface area (Å²) in [6, 6.07) is 10.4. The van der Waals surface area contributed by atoms with Gasteiger partial charge in [-0.3, -0.25) is 14.4 Å². The first-order chi connectivity index (χ1) is 14.8. The van der Waals surface area contributed by atoms with Gasteiger partial charge in [0.2, 0.25) is 11.8 Å². The lowest BCUT2D eigenvalue weighted by molar-refractivity contribution is -0.137. The molecule has 9 heteroatoms. The highest BCUT2D eigenvalue weighted by Gasteiger charge is 2.38. The number of rotatable bonds is 3.